The van der Waals surface area contributed by atoms with Gasteiger partial charge in [0.1, 0.15) is 17.1 Å². The molecule has 10 nitrogen and oxygen atoms in total. The lowest BCUT2D eigenvalue weighted by molar-refractivity contribution is -0.158. The minimum atomic E-state index is -0.787. The van der Waals surface area contributed by atoms with E-state index < -0.39 is 11.4 Å². The van der Waals surface area contributed by atoms with Gasteiger partial charge in [0.2, 0.25) is 5.88 Å². The molecule has 1 fully saturated rings. The number of ether oxygens (including phenoxy) is 3. The standard InChI is InChI=1S/C34H31ClN4O6/c1-34(33(41)42)18-38(19-34)16-20-8-9-27(37-32(20)45-4)25-7-5-6-23(30(25)35)22-10-12-36-31-24(22)11-13-39(31)21-14-28(43-2)26(17-40)29(15-21)44-3/h5-15,17H,16,18-19H2,1-4H3,(H,41,42). The molecule has 0 unspecified atom stereocenters. The molecule has 1 saturated heterocycles. The number of fused-ring (bicyclic) bond motifs is 1. The van der Waals surface area contributed by atoms with E-state index in [0.717, 1.165) is 33.3 Å². The van der Waals surface area contributed by atoms with Crippen LogP contribution in [0.25, 0.3) is 39.1 Å². The van der Waals surface area contributed by atoms with Crippen LogP contribution in [0, 0.1) is 5.41 Å². The van der Waals surface area contributed by atoms with E-state index >= 15 is 0 Å². The summed E-state index contributed by atoms with van der Waals surface area (Å²) in [5.41, 5.74) is 4.96. The fourth-order valence-corrected chi connectivity index (χ4v) is 6.27. The number of pyridine rings is 2. The van der Waals surface area contributed by atoms with Crippen molar-refractivity contribution in [2.75, 3.05) is 34.4 Å². The molecule has 11 heteroatoms. The summed E-state index contributed by atoms with van der Waals surface area (Å²) in [6.45, 7) is 3.22. The molecule has 1 N–H and O–H groups in total. The van der Waals surface area contributed by atoms with Crippen LogP contribution >= 0.6 is 11.6 Å². The molecule has 0 atom stereocenters. The van der Waals surface area contributed by atoms with Crippen molar-refractivity contribution in [3.05, 3.63) is 83.1 Å². The average molecular weight is 627 g/mol. The third kappa shape index (κ3) is 5.26. The Kier molecular flexibility index (Phi) is 7.94. The van der Waals surface area contributed by atoms with Gasteiger partial charge < -0.3 is 23.9 Å². The smallest absolute Gasteiger partial charge is 0.311 e. The zero-order chi connectivity index (χ0) is 31.9. The zero-order valence-electron chi connectivity index (χ0n) is 25.2. The minimum absolute atomic E-state index is 0.331. The van der Waals surface area contributed by atoms with E-state index in [2.05, 4.69) is 9.88 Å². The highest BCUT2D eigenvalue weighted by Crippen LogP contribution is 2.41. The van der Waals surface area contributed by atoms with Gasteiger partial charge in [-0.1, -0.05) is 35.9 Å². The zero-order valence-corrected chi connectivity index (χ0v) is 26.0. The number of carbonyl (C=O) groups is 2. The first-order valence-electron chi connectivity index (χ1n) is 14.2. The van der Waals surface area contributed by atoms with Gasteiger partial charge in [-0.2, -0.15) is 0 Å². The fraction of sp³-hybridized carbons (Fsp3) is 0.235. The Labute approximate surface area is 264 Å². The summed E-state index contributed by atoms with van der Waals surface area (Å²) in [6, 6.07) is 17.1. The molecule has 1 aliphatic rings. The number of carboxylic acids is 1. The molecule has 3 aromatic heterocycles. The van der Waals surface area contributed by atoms with Crippen molar-refractivity contribution in [1.82, 2.24) is 19.4 Å². The topological polar surface area (TPSA) is 116 Å². The first-order valence-corrected chi connectivity index (χ1v) is 14.6. The van der Waals surface area contributed by atoms with E-state index in [9.17, 15) is 14.7 Å². The van der Waals surface area contributed by atoms with Gasteiger partial charge in [0.25, 0.3) is 0 Å². The molecule has 0 aliphatic carbocycles. The average Bonchev–Trinajstić information content (AvgIpc) is 3.48. The van der Waals surface area contributed by atoms with Gasteiger partial charge in [0.15, 0.2) is 6.29 Å². The number of halogens is 1. The maximum Gasteiger partial charge on any atom is 0.311 e. The largest absolute Gasteiger partial charge is 0.496 e. The highest BCUT2D eigenvalue weighted by atomic mass is 35.5. The lowest BCUT2D eigenvalue weighted by atomic mass is 9.82. The van der Waals surface area contributed by atoms with Crippen molar-refractivity contribution in [3.8, 4) is 45.5 Å². The minimum Gasteiger partial charge on any atom is -0.496 e. The van der Waals surface area contributed by atoms with E-state index in [0.29, 0.717) is 65.2 Å². The summed E-state index contributed by atoms with van der Waals surface area (Å²) in [5, 5.41) is 10.8. The molecule has 0 saturated carbocycles. The molecule has 0 spiro atoms. The number of hydrogen-bond donors (Lipinski definition) is 1. The van der Waals surface area contributed by atoms with Crippen molar-refractivity contribution in [2.45, 2.75) is 13.5 Å². The van der Waals surface area contributed by atoms with Gasteiger partial charge in [-0.05, 0) is 30.7 Å². The third-order valence-electron chi connectivity index (χ3n) is 8.26. The number of rotatable bonds is 10. The normalized spacial score (nSPS) is 14.2. The van der Waals surface area contributed by atoms with E-state index in [4.69, 9.17) is 30.8 Å². The van der Waals surface area contributed by atoms with Crippen LogP contribution < -0.4 is 14.2 Å². The lowest BCUT2D eigenvalue weighted by Crippen LogP contribution is -2.58. The van der Waals surface area contributed by atoms with E-state index in [1.54, 1.807) is 32.4 Å². The number of aldehydes is 1. The van der Waals surface area contributed by atoms with Crippen LogP contribution in [0.1, 0.15) is 22.8 Å². The molecule has 5 aromatic rings. The number of aromatic nitrogens is 3. The molecule has 230 valence electrons. The van der Waals surface area contributed by atoms with Crippen molar-refractivity contribution >= 4 is 34.9 Å². The maximum absolute atomic E-state index is 11.7. The number of carbonyl (C=O) groups excluding carboxylic acids is 1. The summed E-state index contributed by atoms with van der Waals surface area (Å²) in [6.07, 6.45) is 4.34. The second-order valence-corrected chi connectivity index (χ2v) is 11.6. The van der Waals surface area contributed by atoms with Crippen LogP contribution in [0.15, 0.2) is 67.0 Å². The molecule has 0 bridgehead atoms. The summed E-state index contributed by atoms with van der Waals surface area (Å²) in [7, 11) is 4.58. The number of methoxy groups -OCH3 is 3. The van der Waals surface area contributed by atoms with Gasteiger partial charge in [0, 0.05) is 66.2 Å². The number of hydrogen-bond acceptors (Lipinski definition) is 8. The number of benzene rings is 2. The first kappa shape index (κ1) is 30.1. The Morgan fingerprint density at radius 3 is 2.36 bits per heavy atom. The Balaban J connectivity index is 1.35. The van der Waals surface area contributed by atoms with Crippen LogP contribution in [0.4, 0.5) is 0 Å². The van der Waals surface area contributed by atoms with Crippen molar-refractivity contribution in [3.63, 3.8) is 0 Å². The van der Waals surface area contributed by atoms with Crippen LogP contribution in [0.2, 0.25) is 5.02 Å². The molecule has 6 rings (SSSR count). The second kappa shape index (κ2) is 11.9. The highest BCUT2D eigenvalue weighted by molar-refractivity contribution is 6.36. The Morgan fingerprint density at radius 1 is 1.00 bits per heavy atom. The second-order valence-electron chi connectivity index (χ2n) is 11.2. The van der Waals surface area contributed by atoms with Crippen molar-refractivity contribution < 1.29 is 28.9 Å². The molecule has 45 heavy (non-hydrogen) atoms. The number of carboxylic acid groups (broad SMARTS) is 1. The van der Waals surface area contributed by atoms with Crippen LogP contribution in [-0.2, 0) is 11.3 Å². The van der Waals surface area contributed by atoms with Gasteiger partial charge >= 0.3 is 5.97 Å². The van der Waals surface area contributed by atoms with E-state index in [-0.39, 0.29) is 0 Å². The molecule has 0 amide bonds. The quantitative estimate of drug-likeness (QED) is 0.182. The number of nitrogens with zero attached hydrogens (tertiary/aromatic N) is 4. The monoisotopic (exact) mass is 626 g/mol. The summed E-state index contributed by atoms with van der Waals surface area (Å²) < 4.78 is 18.5. The van der Waals surface area contributed by atoms with E-state index in [1.807, 2.05) is 53.2 Å². The maximum atomic E-state index is 11.7. The molecule has 0 radical (unpaired) electrons. The van der Waals surface area contributed by atoms with Crippen molar-refractivity contribution in [1.29, 1.82) is 0 Å². The molecule has 1 aliphatic heterocycles. The fourth-order valence-electron chi connectivity index (χ4n) is 5.94. The predicted octanol–water partition coefficient (Wildman–Crippen LogP) is 6.15. The van der Waals surface area contributed by atoms with Crippen LogP contribution in [0.5, 0.6) is 17.4 Å². The van der Waals surface area contributed by atoms with Crippen molar-refractivity contribution in [2.24, 2.45) is 5.41 Å². The summed E-state index contributed by atoms with van der Waals surface area (Å²) in [4.78, 5) is 34.7. The van der Waals surface area contributed by atoms with Gasteiger partial charge in [-0.25, -0.2) is 9.97 Å². The van der Waals surface area contributed by atoms with Gasteiger partial charge in [-0.15, -0.1) is 0 Å². The van der Waals surface area contributed by atoms with Crippen LogP contribution in [0.3, 0.4) is 0 Å². The summed E-state index contributed by atoms with van der Waals surface area (Å²) in [5.74, 6) is 0.467. The van der Waals surface area contributed by atoms with Gasteiger partial charge in [-0.3, -0.25) is 14.5 Å². The predicted molar refractivity (Wildman–Crippen MR) is 171 cm³/mol. The van der Waals surface area contributed by atoms with Gasteiger partial charge in [0.05, 0.1) is 48.7 Å². The van der Waals surface area contributed by atoms with E-state index in [1.165, 1.54) is 14.2 Å². The molecule has 2 aromatic carbocycles. The Morgan fingerprint density at radius 2 is 1.71 bits per heavy atom. The molecule has 4 heterocycles. The molecular formula is C34H31ClN4O6. The first-order chi connectivity index (χ1) is 21.7. The number of aliphatic carboxylic acids is 1. The lowest BCUT2D eigenvalue weighted by Gasteiger charge is -2.45. The molecular weight excluding hydrogens is 596 g/mol. The summed E-state index contributed by atoms with van der Waals surface area (Å²) >= 11 is 7.09. The SMILES string of the molecule is COc1cc(-n2ccc3c(-c4cccc(-c5ccc(CN6CC(C)(C(=O)O)C6)c(OC)n5)c4Cl)ccnc32)cc(OC)c1C=O. The third-order valence-corrected chi connectivity index (χ3v) is 8.67. The van der Waals surface area contributed by atoms with Crippen LogP contribution in [-0.4, -0.2) is 71.2 Å². The highest BCUT2D eigenvalue weighted by Gasteiger charge is 2.45. The number of likely N-dealkylation sites (tertiary alicyclic amines) is 1. The Bertz CT molecular complexity index is 1920. The Hall–Kier alpha value is -4.93.